The molecule has 1 fully saturated rings. The SMILES string of the molecule is Cc1cc(C(C)CNCc2cccc(N3CCCCC3)c2)c2cccc(C)c2n1. The van der Waals surface area contributed by atoms with Crippen LogP contribution in [0.1, 0.15) is 54.5 Å². The van der Waals surface area contributed by atoms with Crippen LogP contribution in [-0.2, 0) is 6.54 Å². The molecule has 4 rings (SSSR count). The second kappa shape index (κ2) is 8.96. The van der Waals surface area contributed by atoms with E-state index in [2.05, 4.69) is 79.5 Å². The topological polar surface area (TPSA) is 28.2 Å². The van der Waals surface area contributed by atoms with Crippen LogP contribution in [0.2, 0.25) is 0 Å². The van der Waals surface area contributed by atoms with Gasteiger partial charge in [0.1, 0.15) is 0 Å². The molecule has 2 heterocycles. The molecule has 1 aliphatic heterocycles. The maximum Gasteiger partial charge on any atom is 0.0737 e. The number of benzene rings is 2. The average molecular weight is 388 g/mol. The molecule has 3 nitrogen and oxygen atoms in total. The number of hydrogen-bond acceptors (Lipinski definition) is 3. The summed E-state index contributed by atoms with van der Waals surface area (Å²) in [6.07, 6.45) is 4.01. The van der Waals surface area contributed by atoms with Gasteiger partial charge in [0.2, 0.25) is 0 Å². The molecule has 1 saturated heterocycles. The third-order valence-electron chi connectivity index (χ3n) is 6.14. The Labute approximate surface area is 175 Å². The standard InChI is InChI=1S/C26H33N3/c1-19-9-7-12-24-25(15-21(3)28-26(19)24)20(2)17-27-18-22-10-8-11-23(16-22)29-13-5-4-6-14-29/h7-12,15-16,20,27H,4-6,13-14,17-18H2,1-3H3. The molecule has 1 atom stereocenters. The highest BCUT2D eigenvalue weighted by atomic mass is 15.1. The Morgan fingerprint density at radius 1 is 1.00 bits per heavy atom. The molecule has 1 aromatic heterocycles. The minimum Gasteiger partial charge on any atom is -0.372 e. The van der Waals surface area contributed by atoms with E-state index in [0.717, 1.165) is 24.3 Å². The first kappa shape index (κ1) is 19.9. The zero-order chi connectivity index (χ0) is 20.2. The van der Waals surface area contributed by atoms with E-state index >= 15 is 0 Å². The van der Waals surface area contributed by atoms with Crippen LogP contribution in [-0.4, -0.2) is 24.6 Å². The van der Waals surface area contributed by atoms with E-state index in [9.17, 15) is 0 Å². The van der Waals surface area contributed by atoms with E-state index in [1.807, 2.05) is 0 Å². The third kappa shape index (κ3) is 4.62. The van der Waals surface area contributed by atoms with Crippen LogP contribution in [0.15, 0.2) is 48.5 Å². The molecule has 3 aromatic rings. The van der Waals surface area contributed by atoms with Gasteiger partial charge in [0, 0.05) is 42.9 Å². The number of rotatable bonds is 6. The van der Waals surface area contributed by atoms with Gasteiger partial charge in [-0.2, -0.15) is 0 Å². The molecule has 1 unspecified atom stereocenters. The Hall–Kier alpha value is -2.39. The van der Waals surface area contributed by atoms with Crippen molar-refractivity contribution in [3.8, 4) is 0 Å². The normalized spacial score (nSPS) is 15.6. The molecule has 0 aliphatic carbocycles. The fourth-order valence-corrected chi connectivity index (χ4v) is 4.52. The number of piperidine rings is 1. The molecule has 0 saturated carbocycles. The van der Waals surface area contributed by atoms with Crippen LogP contribution in [0.3, 0.4) is 0 Å². The summed E-state index contributed by atoms with van der Waals surface area (Å²) >= 11 is 0. The smallest absolute Gasteiger partial charge is 0.0737 e. The van der Waals surface area contributed by atoms with Crippen molar-refractivity contribution in [2.45, 2.75) is 52.5 Å². The first-order valence-electron chi connectivity index (χ1n) is 11.0. The van der Waals surface area contributed by atoms with Crippen molar-refractivity contribution in [3.05, 3.63) is 70.9 Å². The van der Waals surface area contributed by atoms with E-state index < -0.39 is 0 Å². The van der Waals surface area contributed by atoms with Crippen LogP contribution < -0.4 is 10.2 Å². The summed E-state index contributed by atoms with van der Waals surface area (Å²) in [6.45, 7) is 10.8. The molecular formula is C26H33N3. The van der Waals surface area contributed by atoms with Crippen LogP contribution in [0.25, 0.3) is 10.9 Å². The maximum absolute atomic E-state index is 4.78. The number of anilines is 1. The Morgan fingerprint density at radius 2 is 1.79 bits per heavy atom. The summed E-state index contributed by atoms with van der Waals surface area (Å²) in [5, 5.41) is 4.98. The van der Waals surface area contributed by atoms with Gasteiger partial charge in [-0.15, -0.1) is 0 Å². The number of hydrogen-bond donors (Lipinski definition) is 1. The van der Waals surface area contributed by atoms with Crippen molar-refractivity contribution in [1.29, 1.82) is 0 Å². The van der Waals surface area contributed by atoms with Crippen molar-refractivity contribution < 1.29 is 0 Å². The second-order valence-electron chi connectivity index (χ2n) is 8.57. The molecule has 3 heteroatoms. The van der Waals surface area contributed by atoms with Crippen LogP contribution >= 0.6 is 0 Å². The van der Waals surface area contributed by atoms with E-state index in [1.54, 1.807) is 0 Å². The number of pyridine rings is 1. The van der Waals surface area contributed by atoms with E-state index in [0.29, 0.717) is 5.92 Å². The van der Waals surface area contributed by atoms with Crippen LogP contribution in [0, 0.1) is 13.8 Å². The molecule has 2 aromatic carbocycles. The van der Waals surface area contributed by atoms with Crippen molar-refractivity contribution in [1.82, 2.24) is 10.3 Å². The van der Waals surface area contributed by atoms with Gasteiger partial charge < -0.3 is 10.2 Å². The largest absolute Gasteiger partial charge is 0.372 e. The zero-order valence-electron chi connectivity index (χ0n) is 18.0. The lowest BCUT2D eigenvalue weighted by molar-refractivity contribution is 0.577. The summed E-state index contributed by atoms with van der Waals surface area (Å²) in [5.74, 6) is 0.436. The van der Waals surface area contributed by atoms with Gasteiger partial charge in [0.25, 0.3) is 0 Å². The first-order valence-corrected chi connectivity index (χ1v) is 11.0. The first-order chi connectivity index (χ1) is 14.1. The van der Waals surface area contributed by atoms with Gasteiger partial charge in [-0.3, -0.25) is 4.98 Å². The van der Waals surface area contributed by atoms with Crippen LogP contribution in [0.5, 0.6) is 0 Å². The minimum atomic E-state index is 0.436. The Bertz CT molecular complexity index is 973. The predicted octanol–water partition coefficient (Wildman–Crippen LogP) is 5.74. The van der Waals surface area contributed by atoms with Crippen molar-refractivity contribution in [2.24, 2.45) is 0 Å². The highest BCUT2D eigenvalue weighted by Gasteiger charge is 2.13. The summed E-state index contributed by atoms with van der Waals surface area (Å²) in [5.41, 5.74) is 7.63. The highest BCUT2D eigenvalue weighted by Crippen LogP contribution is 2.27. The molecule has 0 spiro atoms. The van der Waals surface area contributed by atoms with Crippen molar-refractivity contribution in [3.63, 3.8) is 0 Å². The van der Waals surface area contributed by atoms with Crippen LogP contribution in [0.4, 0.5) is 5.69 Å². The van der Waals surface area contributed by atoms with Gasteiger partial charge in [0.05, 0.1) is 5.52 Å². The fraction of sp³-hybridized carbons (Fsp3) is 0.423. The zero-order valence-corrected chi connectivity index (χ0v) is 18.0. The molecule has 29 heavy (non-hydrogen) atoms. The van der Waals surface area contributed by atoms with Crippen molar-refractivity contribution >= 4 is 16.6 Å². The average Bonchev–Trinajstić information content (AvgIpc) is 2.75. The van der Waals surface area contributed by atoms with Gasteiger partial charge in [-0.25, -0.2) is 0 Å². The number of fused-ring (bicyclic) bond motifs is 1. The number of nitrogens with one attached hydrogen (secondary N) is 1. The molecule has 0 amide bonds. The Kier molecular flexibility index (Phi) is 6.15. The third-order valence-corrected chi connectivity index (χ3v) is 6.14. The van der Waals surface area contributed by atoms with Gasteiger partial charge in [-0.1, -0.05) is 37.3 Å². The monoisotopic (exact) mass is 387 g/mol. The number of nitrogens with zero attached hydrogens (tertiary/aromatic N) is 2. The van der Waals surface area contributed by atoms with Gasteiger partial charge >= 0.3 is 0 Å². The second-order valence-corrected chi connectivity index (χ2v) is 8.57. The summed E-state index contributed by atoms with van der Waals surface area (Å²) in [6, 6.07) is 17.8. The Balaban J connectivity index is 1.42. The van der Waals surface area contributed by atoms with Gasteiger partial charge in [0.15, 0.2) is 0 Å². The lowest BCUT2D eigenvalue weighted by Crippen LogP contribution is -2.29. The lowest BCUT2D eigenvalue weighted by Gasteiger charge is -2.29. The number of aryl methyl sites for hydroxylation is 2. The van der Waals surface area contributed by atoms with E-state index in [-0.39, 0.29) is 0 Å². The fourth-order valence-electron chi connectivity index (χ4n) is 4.52. The lowest BCUT2D eigenvalue weighted by atomic mass is 9.95. The maximum atomic E-state index is 4.78. The number of aromatic nitrogens is 1. The van der Waals surface area contributed by atoms with Crippen molar-refractivity contribution in [2.75, 3.05) is 24.5 Å². The van der Waals surface area contributed by atoms with E-state index in [4.69, 9.17) is 4.98 Å². The molecule has 0 bridgehead atoms. The highest BCUT2D eigenvalue weighted by molar-refractivity contribution is 5.85. The molecule has 152 valence electrons. The summed E-state index contributed by atoms with van der Waals surface area (Å²) < 4.78 is 0. The summed E-state index contributed by atoms with van der Waals surface area (Å²) in [7, 11) is 0. The molecule has 1 aliphatic rings. The van der Waals surface area contributed by atoms with Gasteiger partial charge in [-0.05, 0) is 73.9 Å². The minimum absolute atomic E-state index is 0.436. The van der Waals surface area contributed by atoms with E-state index in [1.165, 1.54) is 60.1 Å². The number of para-hydroxylation sites is 1. The molecule has 0 radical (unpaired) electrons. The quantitative estimate of drug-likeness (QED) is 0.585. The molecule has 1 N–H and O–H groups in total. The summed E-state index contributed by atoms with van der Waals surface area (Å²) in [4.78, 5) is 7.31. The molecular weight excluding hydrogens is 354 g/mol. The predicted molar refractivity (Wildman–Crippen MR) is 124 cm³/mol. The Morgan fingerprint density at radius 3 is 2.62 bits per heavy atom.